The quantitative estimate of drug-likeness (QED) is 0.245. The van der Waals surface area contributed by atoms with Gasteiger partial charge in [0.05, 0.1) is 22.9 Å². The summed E-state index contributed by atoms with van der Waals surface area (Å²) in [6, 6.07) is 27.6. The molecule has 0 saturated heterocycles. The standard InChI is InChI=1S/C29H28N6O2S2/c1-20-14-16-24(17-15-20)38-18-25-31-32-29(34(25)22-10-6-4-7-11-22)39-19-26(36)30-27-21(2)33(3)35(28(27)37)23-12-8-5-9-13-23/h4-17H,18-19H2,1-3H3,(H,30,36). The Hall–Kier alpha value is -4.02. The Bertz CT molecular complexity index is 1640. The third kappa shape index (κ3) is 5.86. The molecule has 10 heteroatoms. The van der Waals surface area contributed by atoms with Crippen LogP contribution in [0.1, 0.15) is 17.1 Å². The highest BCUT2D eigenvalue weighted by Gasteiger charge is 2.20. The predicted octanol–water partition coefficient (Wildman–Crippen LogP) is 5.40. The first-order valence-electron chi connectivity index (χ1n) is 12.4. The molecule has 5 aromatic rings. The van der Waals surface area contributed by atoms with Crippen molar-refractivity contribution in [2.75, 3.05) is 11.1 Å². The minimum atomic E-state index is -0.288. The molecule has 8 nitrogen and oxygen atoms in total. The number of aromatic nitrogens is 5. The van der Waals surface area contributed by atoms with E-state index in [1.165, 1.54) is 17.3 Å². The molecule has 0 aliphatic rings. The van der Waals surface area contributed by atoms with Crippen LogP contribution in [0.3, 0.4) is 0 Å². The van der Waals surface area contributed by atoms with E-state index in [-0.39, 0.29) is 22.9 Å². The van der Waals surface area contributed by atoms with Crippen LogP contribution in [0.15, 0.2) is 99.8 Å². The number of thioether (sulfide) groups is 2. The first-order valence-corrected chi connectivity index (χ1v) is 14.4. The zero-order valence-electron chi connectivity index (χ0n) is 21.9. The second-order valence-corrected chi connectivity index (χ2v) is 10.9. The zero-order valence-corrected chi connectivity index (χ0v) is 23.5. The zero-order chi connectivity index (χ0) is 27.4. The first-order chi connectivity index (χ1) is 18.9. The number of hydrogen-bond acceptors (Lipinski definition) is 6. The third-order valence-corrected chi connectivity index (χ3v) is 8.19. The van der Waals surface area contributed by atoms with Crippen molar-refractivity contribution in [2.45, 2.75) is 29.7 Å². The predicted molar refractivity (Wildman–Crippen MR) is 157 cm³/mol. The molecule has 1 N–H and O–H groups in total. The summed E-state index contributed by atoms with van der Waals surface area (Å²) in [4.78, 5) is 27.3. The van der Waals surface area contributed by atoms with E-state index < -0.39 is 0 Å². The van der Waals surface area contributed by atoms with Gasteiger partial charge in [-0.3, -0.25) is 18.8 Å². The Kier molecular flexibility index (Phi) is 8.04. The van der Waals surface area contributed by atoms with Crippen molar-refractivity contribution in [3.63, 3.8) is 0 Å². The average molecular weight is 557 g/mol. The van der Waals surface area contributed by atoms with Gasteiger partial charge in [-0.2, -0.15) is 0 Å². The molecular weight excluding hydrogens is 528 g/mol. The molecule has 198 valence electrons. The van der Waals surface area contributed by atoms with E-state index in [2.05, 4.69) is 46.7 Å². The third-order valence-electron chi connectivity index (χ3n) is 6.25. The maximum absolute atomic E-state index is 13.2. The highest BCUT2D eigenvalue weighted by atomic mass is 32.2. The van der Waals surface area contributed by atoms with Crippen LogP contribution < -0.4 is 10.9 Å². The number of nitrogens with one attached hydrogen (secondary N) is 1. The molecule has 39 heavy (non-hydrogen) atoms. The highest BCUT2D eigenvalue weighted by Crippen LogP contribution is 2.27. The van der Waals surface area contributed by atoms with Gasteiger partial charge in [-0.25, -0.2) is 4.68 Å². The minimum absolute atomic E-state index is 0.0786. The molecule has 3 aromatic carbocycles. The van der Waals surface area contributed by atoms with E-state index in [0.717, 1.165) is 22.1 Å². The van der Waals surface area contributed by atoms with Crippen molar-refractivity contribution in [2.24, 2.45) is 7.05 Å². The van der Waals surface area contributed by atoms with Crippen LogP contribution in [-0.4, -0.2) is 35.8 Å². The van der Waals surface area contributed by atoms with E-state index in [1.807, 2.05) is 72.2 Å². The van der Waals surface area contributed by atoms with Crippen molar-refractivity contribution < 1.29 is 4.79 Å². The number of hydrogen-bond donors (Lipinski definition) is 1. The van der Waals surface area contributed by atoms with Gasteiger partial charge in [0.2, 0.25) is 5.91 Å². The number of para-hydroxylation sites is 2. The van der Waals surface area contributed by atoms with Crippen molar-refractivity contribution in [3.8, 4) is 11.4 Å². The van der Waals surface area contributed by atoms with Gasteiger partial charge in [0, 0.05) is 17.6 Å². The van der Waals surface area contributed by atoms with E-state index in [1.54, 1.807) is 28.2 Å². The molecule has 0 bridgehead atoms. The van der Waals surface area contributed by atoms with Crippen LogP contribution in [0.4, 0.5) is 5.69 Å². The van der Waals surface area contributed by atoms with Gasteiger partial charge in [-0.1, -0.05) is 65.9 Å². The first kappa shape index (κ1) is 26.6. The van der Waals surface area contributed by atoms with E-state index in [0.29, 0.717) is 16.6 Å². The SMILES string of the molecule is Cc1ccc(SCc2nnc(SCC(=O)Nc3c(C)n(C)n(-c4ccccc4)c3=O)n2-c2ccccc2)cc1. The van der Waals surface area contributed by atoms with E-state index in [9.17, 15) is 9.59 Å². The molecule has 0 aliphatic carbocycles. The molecule has 1 amide bonds. The summed E-state index contributed by atoms with van der Waals surface area (Å²) < 4.78 is 5.27. The number of anilines is 1. The van der Waals surface area contributed by atoms with Crippen molar-refractivity contribution in [1.82, 2.24) is 24.1 Å². The largest absolute Gasteiger partial charge is 0.319 e. The van der Waals surface area contributed by atoms with Crippen LogP contribution in [-0.2, 0) is 17.6 Å². The fourth-order valence-electron chi connectivity index (χ4n) is 4.12. The Morgan fingerprint density at radius 2 is 1.49 bits per heavy atom. The van der Waals surface area contributed by atoms with Gasteiger partial charge in [-0.15, -0.1) is 22.0 Å². The number of aryl methyl sites for hydroxylation is 1. The van der Waals surface area contributed by atoms with Crippen LogP contribution >= 0.6 is 23.5 Å². The average Bonchev–Trinajstić information content (AvgIpc) is 3.46. The van der Waals surface area contributed by atoms with Gasteiger partial charge in [0.25, 0.3) is 5.56 Å². The number of carbonyl (C=O) groups excluding carboxylic acids is 1. The molecule has 5 rings (SSSR count). The lowest BCUT2D eigenvalue weighted by Crippen LogP contribution is -2.23. The number of amides is 1. The Labute approximate surface area is 235 Å². The van der Waals surface area contributed by atoms with E-state index >= 15 is 0 Å². The van der Waals surface area contributed by atoms with Gasteiger partial charge in [0.15, 0.2) is 5.16 Å². The maximum atomic E-state index is 13.2. The molecule has 0 aliphatic heterocycles. The molecule has 0 spiro atoms. The summed E-state index contributed by atoms with van der Waals surface area (Å²) in [5, 5.41) is 12.3. The summed E-state index contributed by atoms with van der Waals surface area (Å²) in [5.74, 6) is 1.21. The summed E-state index contributed by atoms with van der Waals surface area (Å²) in [5.41, 5.74) is 3.54. The van der Waals surface area contributed by atoms with Crippen molar-refractivity contribution >= 4 is 35.1 Å². The Morgan fingerprint density at radius 3 is 2.15 bits per heavy atom. The van der Waals surface area contributed by atoms with Crippen LogP contribution in [0, 0.1) is 13.8 Å². The second kappa shape index (κ2) is 11.8. The van der Waals surface area contributed by atoms with Crippen LogP contribution in [0.25, 0.3) is 11.4 Å². The molecule has 2 aromatic heterocycles. The fourth-order valence-corrected chi connectivity index (χ4v) is 5.71. The van der Waals surface area contributed by atoms with Gasteiger partial charge in [0.1, 0.15) is 11.5 Å². The second-order valence-electron chi connectivity index (χ2n) is 8.94. The van der Waals surface area contributed by atoms with Crippen LogP contribution in [0.2, 0.25) is 0 Å². The normalized spacial score (nSPS) is 11.1. The minimum Gasteiger partial charge on any atom is -0.319 e. The number of rotatable bonds is 9. The topological polar surface area (TPSA) is 86.7 Å². The lowest BCUT2D eigenvalue weighted by molar-refractivity contribution is -0.113. The monoisotopic (exact) mass is 556 g/mol. The van der Waals surface area contributed by atoms with Crippen molar-refractivity contribution in [1.29, 1.82) is 0 Å². The van der Waals surface area contributed by atoms with Gasteiger partial charge < -0.3 is 5.32 Å². The number of carbonyl (C=O) groups is 1. The highest BCUT2D eigenvalue weighted by molar-refractivity contribution is 7.99. The van der Waals surface area contributed by atoms with Gasteiger partial charge in [-0.05, 0) is 50.2 Å². The van der Waals surface area contributed by atoms with Crippen LogP contribution in [0.5, 0.6) is 0 Å². The molecule has 2 heterocycles. The smallest absolute Gasteiger partial charge is 0.295 e. The number of nitrogens with zero attached hydrogens (tertiary/aromatic N) is 5. The number of benzene rings is 3. The molecule has 0 unspecified atom stereocenters. The Morgan fingerprint density at radius 1 is 0.846 bits per heavy atom. The summed E-state index contributed by atoms with van der Waals surface area (Å²) >= 11 is 2.97. The fraction of sp³-hybridized carbons (Fsp3) is 0.172. The lowest BCUT2D eigenvalue weighted by Gasteiger charge is -2.10. The molecule has 0 saturated carbocycles. The van der Waals surface area contributed by atoms with E-state index in [4.69, 9.17) is 0 Å². The molecular formula is C29H28N6O2S2. The summed E-state index contributed by atoms with van der Waals surface area (Å²) in [6.07, 6.45) is 0. The van der Waals surface area contributed by atoms with Crippen molar-refractivity contribution in [3.05, 3.63) is 112 Å². The summed E-state index contributed by atoms with van der Waals surface area (Å²) in [6.45, 7) is 3.88. The molecule has 0 radical (unpaired) electrons. The molecule has 0 fully saturated rings. The molecule has 0 atom stereocenters. The lowest BCUT2D eigenvalue weighted by atomic mass is 10.2. The maximum Gasteiger partial charge on any atom is 0.295 e. The van der Waals surface area contributed by atoms with Gasteiger partial charge >= 0.3 is 0 Å². The Balaban J connectivity index is 1.33. The summed E-state index contributed by atoms with van der Waals surface area (Å²) in [7, 11) is 1.80.